The molecule has 1 amide bonds. The number of nitrogens with zero attached hydrogens (tertiary/aromatic N) is 2. The summed E-state index contributed by atoms with van der Waals surface area (Å²) < 4.78 is 5.46. The van der Waals surface area contributed by atoms with Crippen LogP contribution in [0.15, 0.2) is 24.3 Å². The molecule has 0 bridgehead atoms. The summed E-state index contributed by atoms with van der Waals surface area (Å²) >= 11 is 0. The molecule has 0 N–H and O–H groups in total. The highest BCUT2D eigenvalue weighted by Crippen LogP contribution is 2.22. The topological polar surface area (TPSA) is 53.3 Å². The number of hydrogen-bond acceptors (Lipinski definition) is 3. The molecule has 1 aromatic carbocycles. The molecule has 1 aliphatic rings. The molecule has 19 heavy (non-hydrogen) atoms. The van der Waals surface area contributed by atoms with E-state index >= 15 is 0 Å². The first-order valence-corrected chi connectivity index (χ1v) is 6.60. The Morgan fingerprint density at radius 1 is 1.42 bits per heavy atom. The number of amides is 1. The number of hydrogen-bond donors (Lipinski definition) is 0. The van der Waals surface area contributed by atoms with Crippen LogP contribution in [0.25, 0.3) is 0 Å². The minimum Gasteiger partial charge on any atom is -0.482 e. The van der Waals surface area contributed by atoms with Crippen LogP contribution < -0.4 is 4.74 Å². The highest BCUT2D eigenvalue weighted by Gasteiger charge is 2.23. The molecule has 0 aromatic heterocycles. The van der Waals surface area contributed by atoms with Crippen LogP contribution in [0.1, 0.15) is 31.2 Å². The van der Waals surface area contributed by atoms with E-state index in [1.165, 1.54) is 12.8 Å². The maximum absolute atomic E-state index is 12.0. The Balaban J connectivity index is 1.91. The third-order valence-corrected chi connectivity index (χ3v) is 3.62. The first-order chi connectivity index (χ1) is 9.22. The Bertz CT molecular complexity index is 487. The Kier molecular flexibility index (Phi) is 4.40. The lowest BCUT2D eigenvalue weighted by molar-refractivity contribution is -0.134. The maximum atomic E-state index is 12.0. The Labute approximate surface area is 113 Å². The molecule has 1 saturated carbocycles. The van der Waals surface area contributed by atoms with Crippen LogP contribution in [0, 0.1) is 11.3 Å². The van der Waals surface area contributed by atoms with Crippen molar-refractivity contribution in [2.24, 2.45) is 0 Å². The lowest BCUT2D eigenvalue weighted by Gasteiger charge is -2.24. The van der Waals surface area contributed by atoms with E-state index in [1.54, 1.807) is 29.2 Å². The zero-order valence-electron chi connectivity index (χ0n) is 11.1. The number of rotatable bonds is 4. The van der Waals surface area contributed by atoms with Crippen molar-refractivity contribution in [3.05, 3.63) is 29.8 Å². The number of nitriles is 1. The summed E-state index contributed by atoms with van der Waals surface area (Å²) in [5, 5.41) is 8.94. The second-order valence-corrected chi connectivity index (χ2v) is 4.84. The predicted octanol–water partition coefficient (Wildman–Crippen LogP) is 2.34. The van der Waals surface area contributed by atoms with E-state index in [2.05, 4.69) is 6.07 Å². The highest BCUT2D eigenvalue weighted by molar-refractivity contribution is 5.78. The van der Waals surface area contributed by atoms with Gasteiger partial charge in [0.05, 0.1) is 5.56 Å². The predicted molar refractivity (Wildman–Crippen MR) is 71.7 cm³/mol. The van der Waals surface area contributed by atoms with Gasteiger partial charge in [0.1, 0.15) is 11.8 Å². The Hall–Kier alpha value is -2.02. The van der Waals surface area contributed by atoms with Gasteiger partial charge in [-0.2, -0.15) is 5.26 Å². The van der Waals surface area contributed by atoms with E-state index in [0.29, 0.717) is 17.4 Å². The lowest BCUT2D eigenvalue weighted by Crippen LogP contribution is -2.38. The van der Waals surface area contributed by atoms with Gasteiger partial charge in [-0.15, -0.1) is 0 Å². The minimum absolute atomic E-state index is 0.00824. The molecule has 1 aliphatic carbocycles. The van der Waals surface area contributed by atoms with Gasteiger partial charge in [0, 0.05) is 13.1 Å². The summed E-state index contributed by atoms with van der Waals surface area (Å²) in [7, 11) is 1.83. The van der Waals surface area contributed by atoms with Gasteiger partial charge in [0.15, 0.2) is 6.61 Å². The van der Waals surface area contributed by atoms with E-state index in [1.807, 2.05) is 7.05 Å². The van der Waals surface area contributed by atoms with Crippen LogP contribution in [0.3, 0.4) is 0 Å². The number of carbonyl (C=O) groups excluding carboxylic acids is 1. The van der Waals surface area contributed by atoms with Crippen molar-refractivity contribution in [2.75, 3.05) is 13.7 Å². The number of ether oxygens (including phenoxy) is 1. The first kappa shape index (κ1) is 13.4. The Morgan fingerprint density at radius 2 is 2.11 bits per heavy atom. The number of likely N-dealkylation sites (N-methyl/N-ethyl adjacent to an activating group) is 1. The minimum atomic E-state index is -0.0281. The summed E-state index contributed by atoms with van der Waals surface area (Å²) in [6.07, 6.45) is 4.55. The molecule has 2 rings (SSSR count). The average molecular weight is 258 g/mol. The van der Waals surface area contributed by atoms with E-state index in [9.17, 15) is 4.79 Å². The number of para-hydroxylation sites is 1. The maximum Gasteiger partial charge on any atom is 0.260 e. The molecule has 0 unspecified atom stereocenters. The summed E-state index contributed by atoms with van der Waals surface area (Å²) in [4.78, 5) is 13.8. The van der Waals surface area contributed by atoms with Crippen molar-refractivity contribution in [1.82, 2.24) is 4.90 Å². The fourth-order valence-electron chi connectivity index (χ4n) is 2.42. The molecule has 0 spiro atoms. The molecule has 0 radical (unpaired) electrons. The van der Waals surface area contributed by atoms with Crippen LogP contribution in [0.4, 0.5) is 0 Å². The second-order valence-electron chi connectivity index (χ2n) is 4.84. The summed E-state index contributed by atoms with van der Waals surface area (Å²) in [5.41, 5.74) is 0.457. The third-order valence-electron chi connectivity index (χ3n) is 3.62. The highest BCUT2D eigenvalue weighted by atomic mass is 16.5. The van der Waals surface area contributed by atoms with Crippen molar-refractivity contribution in [2.45, 2.75) is 31.7 Å². The molecule has 4 nitrogen and oxygen atoms in total. The molecule has 0 atom stereocenters. The second kappa shape index (κ2) is 6.24. The Morgan fingerprint density at radius 3 is 2.79 bits per heavy atom. The van der Waals surface area contributed by atoms with E-state index < -0.39 is 0 Å². The zero-order chi connectivity index (χ0) is 13.7. The van der Waals surface area contributed by atoms with Gasteiger partial charge in [0.25, 0.3) is 5.91 Å². The average Bonchev–Trinajstić information content (AvgIpc) is 2.98. The SMILES string of the molecule is CN(C(=O)COc1ccccc1C#N)C1CCCC1. The van der Waals surface area contributed by atoms with Crippen LogP contribution in [0.5, 0.6) is 5.75 Å². The lowest BCUT2D eigenvalue weighted by atomic mass is 10.2. The normalized spacial score (nSPS) is 14.9. The van der Waals surface area contributed by atoms with Gasteiger partial charge in [-0.1, -0.05) is 25.0 Å². The standard InChI is InChI=1S/C15H18N2O2/c1-17(13-7-3-4-8-13)15(18)11-19-14-9-5-2-6-12(14)10-16/h2,5-6,9,13H,3-4,7-8,11H2,1H3. The van der Waals surface area contributed by atoms with Gasteiger partial charge in [-0.05, 0) is 25.0 Å². The zero-order valence-corrected chi connectivity index (χ0v) is 11.1. The van der Waals surface area contributed by atoms with Crippen LogP contribution in [0.2, 0.25) is 0 Å². The van der Waals surface area contributed by atoms with Crippen molar-refractivity contribution < 1.29 is 9.53 Å². The number of carbonyl (C=O) groups is 1. The van der Waals surface area contributed by atoms with Crippen LogP contribution in [-0.4, -0.2) is 30.5 Å². The molecule has 1 aromatic rings. The van der Waals surface area contributed by atoms with Crippen molar-refractivity contribution in [3.8, 4) is 11.8 Å². The van der Waals surface area contributed by atoms with Crippen molar-refractivity contribution >= 4 is 5.91 Å². The number of benzene rings is 1. The van der Waals surface area contributed by atoms with Gasteiger partial charge < -0.3 is 9.64 Å². The third kappa shape index (κ3) is 3.25. The molecule has 4 heteroatoms. The molecular formula is C15H18N2O2. The van der Waals surface area contributed by atoms with Gasteiger partial charge in [-0.3, -0.25) is 4.79 Å². The summed E-state index contributed by atoms with van der Waals surface area (Å²) in [6, 6.07) is 9.36. The molecular weight excluding hydrogens is 240 g/mol. The van der Waals surface area contributed by atoms with E-state index in [0.717, 1.165) is 12.8 Å². The monoisotopic (exact) mass is 258 g/mol. The fraction of sp³-hybridized carbons (Fsp3) is 0.467. The van der Waals surface area contributed by atoms with Crippen LogP contribution in [-0.2, 0) is 4.79 Å². The largest absolute Gasteiger partial charge is 0.482 e. The summed E-state index contributed by atoms with van der Waals surface area (Å²) in [5.74, 6) is 0.442. The molecule has 1 fully saturated rings. The molecule has 0 saturated heterocycles. The summed E-state index contributed by atoms with van der Waals surface area (Å²) in [6.45, 7) is -0.00824. The van der Waals surface area contributed by atoms with Gasteiger partial charge in [0.2, 0.25) is 0 Å². The molecule has 0 heterocycles. The van der Waals surface area contributed by atoms with E-state index in [-0.39, 0.29) is 12.5 Å². The van der Waals surface area contributed by atoms with Gasteiger partial charge in [-0.25, -0.2) is 0 Å². The van der Waals surface area contributed by atoms with Gasteiger partial charge >= 0.3 is 0 Å². The van der Waals surface area contributed by atoms with Crippen LogP contribution >= 0.6 is 0 Å². The smallest absolute Gasteiger partial charge is 0.260 e. The quantitative estimate of drug-likeness (QED) is 0.833. The molecule has 0 aliphatic heterocycles. The first-order valence-electron chi connectivity index (χ1n) is 6.60. The fourth-order valence-corrected chi connectivity index (χ4v) is 2.42. The van der Waals surface area contributed by atoms with E-state index in [4.69, 9.17) is 10.00 Å². The van der Waals surface area contributed by atoms with Crippen molar-refractivity contribution in [3.63, 3.8) is 0 Å². The van der Waals surface area contributed by atoms with Crippen molar-refractivity contribution in [1.29, 1.82) is 5.26 Å². The molecule has 100 valence electrons.